The molecule has 2 aliphatic heterocycles. The SMILES string of the molecule is COc1cc(C2SC=C3Sc4nnc(-c5ccccc5)n4N32)ccc1O. The summed E-state index contributed by atoms with van der Waals surface area (Å²) in [5.41, 5.74) is 2.06. The smallest absolute Gasteiger partial charge is 0.217 e. The number of hydrogen-bond donors (Lipinski definition) is 1. The van der Waals surface area contributed by atoms with Crippen LogP contribution in [0.5, 0.6) is 11.5 Å². The number of thioether (sulfide) groups is 2. The number of phenolic OH excluding ortho intramolecular Hbond substituents is 1. The molecule has 0 spiro atoms. The molecule has 0 bridgehead atoms. The van der Waals surface area contributed by atoms with E-state index in [-0.39, 0.29) is 11.1 Å². The van der Waals surface area contributed by atoms with E-state index in [9.17, 15) is 5.11 Å². The normalized spacial score (nSPS) is 17.8. The average Bonchev–Trinajstić information content (AvgIpc) is 3.34. The van der Waals surface area contributed by atoms with Gasteiger partial charge in [0.05, 0.1) is 7.11 Å². The largest absolute Gasteiger partial charge is 0.504 e. The summed E-state index contributed by atoms with van der Waals surface area (Å²) in [6, 6.07) is 15.5. The number of methoxy groups -OCH3 is 1. The van der Waals surface area contributed by atoms with E-state index in [1.807, 2.05) is 42.5 Å². The maximum Gasteiger partial charge on any atom is 0.217 e. The Morgan fingerprint density at radius 1 is 1.12 bits per heavy atom. The summed E-state index contributed by atoms with van der Waals surface area (Å²) >= 11 is 3.32. The van der Waals surface area contributed by atoms with Crippen molar-refractivity contribution in [3.8, 4) is 22.9 Å². The zero-order chi connectivity index (χ0) is 17.7. The summed E-state index contributed by atoms with van der Waals surface area (Å²) in [6.07, 6.45) is 0. The zero-order valence-electron chi connectivity index (χ0n) is 13.7. The molecule has 1 atom stereocenters. The van der Waals surface area contributed by atoms with E-state index >= 15 is 0 Å². The maximum absolute atomic E-state index is 9.89. The monoisotopic (exact) mass is 382 g/mol. The third kappa shape index (κ3) is 2.29. The lowest BCUT2D eigenvalue weighted by Crippen LogP contribution is -2.29. The summed E-state index contributed by atoms with van der Waals surface area (Å²) in [5, 5.41) is 25.0. The Kier molecular flexibility index (Phi) is 3.61. The second-order valence-electron chi connectivity index (χ2n) is 5.81. The number of ether oxygens (including phenoxy) is 1. The first-order valence-corrected chi connectivity index (χ1v) is 9.73. The van der Waals surface area contributed by atoms with Gasteiger partial charge in [-0.05, 0) is 29.5 Å². The van der Waals surface area contributed by atoms with Gasteiger partial charge in [0, 0.05) is 11.0 Å². The van der Waals surface area contributed by atoms with Gasteiger partial charge in [0.2, 0.25) is 5.16 Å². The zero-order valence-corrected chi connectivity index (χ0v) is 15.4. The van der Waals surface area contributed by atoms with Crippen LogP contribution in [-0.4, -0.2) is 27.1 Å². The molecule has 26 heavy (non-hydrogen) atoms. The number of phenols is 1. The molecule has 0 aliphatic carbocycles. The number of hydrogen-bond acceptors (Lipinski definition) is 7. The minimum atomic E-state index is 0.0201. The van der Waals surface area contributed by atoms with Crippen LogP contribution < -0.4 is 9.75 Å². The lowest BCUT2D eigenvalue weighted by molar-refractivity contribution is 0.373. The van der Waals surface area contributed by atoms with Crippen molar-refractivity contribution < 1.29 is 9.84 Å². The third-order valence-electron chi connectivity index (χ3n) is 4.29. The summed E-state index contributed by atoms with van der Waals surface area (Å²) < 4.78 is 7.34. The van der Waals surface area contributed by atoms with Crippen molar-refractivity contribution in [1.82, 2.24) is 14.9 Å². The van der Waals surface area contributed by atoms with E-state index in [4.69, 9.17) is 4.74 Å². The van der Waals surface area contributed by atoms with Crippen LogP contribution >= 0.6 is 23.5 Å². The van der Waals surface area contributed by atoms with Crippen LogP contribution in [0.1, 0.15) is 10.9 Å². The molecular formula is C18H14N4O2S2. The van der Waals surface area contributed by atoms with Gasteiger partial charge in [-0.25, -0.2) is 4.68 Å². The van der Waals surface area contributed by atoms with Crippen LogP contribution in [0.15, 0.2) is 64.1 Å². The molecular weight excluding hydrogens is 368 g/mol. The molecule has 6 nitrogen and oxygen atoms in total. The summed E-state index contributed by atoms with van der Waals surface area (Å²) in [5.74, 6) is 1.42. The fourth-order valence-corrected chi connectivity index (χ4v) is 5.29. The standard InChI is InChI=1S/C18H14N4O2S2/c1-24-14-9-12(7-8-13(14)23)17-21-15(10-25-17)26-18-20-19-16(22(18)21)11-5-3-2-4-6-11/h2-10,17,23H,1H3. The highest BCUT2D eigenvalue weighted by molar-refractivity contribution is 8.07. The number of fused-ring (bicyclic) bond motifs is 3. The van der Waals surface area contributed by atoms with Crippen LogP contribution in [0, 0.1) is 0 Å². The predicted molar refractivity (Wildman–Crippen MR) is 103 cm³/mol. The molecule has 5 rings (SSSR count). The highest BCUT2D eigenvalue weighted by Gasteiger charge is 2.40. The van der Waals surface area contributed by atoms with E-state index in [1.165, 1.54) is 0 Å². The molecule has 3 heterocycles. The minimum absolute atomic E-state index is 0.0201. The van der Waals surface area contributed by atoms with E-state index in [2.05, 4.69) is 25.3 Å². The predicted octanol–water partition coefficient (Wildman–Crippen LogP) is 3.95. The van der Waals surface area contributed by atoms with Gasteiger partial charge in [-0.2, -0.15) is 0 Å². The Hall–Kier alpha value is -2.58. The topological polar surface area (TPSA) is 63.4 Å². The molecule has 2 aromatic carbocycles. The van der Waals surface area contributed by atoms with Gasteiger partial charge in [0.25, 0.3) is 0 Å². The fraction of sp³-hybridized carbons (Fsp3) is 0.111. The van der Waals surface area contributed by atoms with Crippen molar-refractivity contribution in [2.75, 3.05) is 12.1 Å². The van der Waals surface area contributed by atoms with E-state index in [1.54, 1.807) is 36.7 Å². The van der Waals surface area contributed by atoms with Gasteiger partial charge in [-0.1, -0.05) is 48.2 Å². The number of benzene rings is 2. The van der Waals surface area contributed by atoms with Crippen LogP contribution in [0.3, 0.4) is 0 Å². The first-order valence-electron chi connectivity index (χ1n) is 7.97. The highest BCUT2D eigenvalue weighted by Crippen LogP contribution is 2.52. The van der Waals surface area contributed by atoms with E-state index in [0.29, 0.717) is 5.75 Å². The fourth-order valence-electron chi connectivity index (χ4n) is 3.08. The quantitative estimate of drug-likeness (QED) is 0.736. The highest BCUT2D eigenvalue weighted by atomic mass is 32.2. The molecule has 2 aliphatic rings. The van der Waals surface area contributed by atoms with Gasteiger partial charge < -0.3 is 9.84 Å². The molecule has 1 unspecified atom stereocenters. The van der Waals surface area contributed by atoms with Crippen molar-refractivity contribution >= 4 is 23.5 Å². The van der Waals surface area contributed by atoms with Crippen molar-refractivity contribution in [2.45, 2.75) is 10.5 Å². The van der Waals surface area contributed by atoms with Crippen molar-refractivity contribution in [3.63, 3.8) is 0 Å². The molecule has 1 N–H and O–H groups in total. The van der Waals surface area contributed by atoms with Gasteiger partial charge in [0.15, 0.2) is 17.3 Å². The van der Waals surface area contributed by atoms with Gasteiger partial charge in [-0.3, -0.25) is 5.01 Å². The Bertz CT molecular complexity index is 1020. The van der Waals surface area contributed by atoms with Crippen LogP contribution in [0.25, 0.3) is 11.4 Å². The molecule has 3 aromatic rings. The molecule has 1 aromatic heterocycles. The van der Waals surface area contributed by atoms with Crippen molar-refractivity contribution in [3.05, 3.63) is 64.5 Å². The van der Waals surface area contributed by atoms with Crippen LogP contribution in [0.4, 0.5) is 0 Å². The average molecular weight is 382 g/mol. The Morgan fingerprint density at radius 2 is 1.96 bits per heavy atom. The summed E-state index contributed by atoms with van der Waals surface area (Å²) in [4.78, 5) is 0. The Balaban J connectivity index is 1.59. The van der Waals surface area contributed by atoms with Gasteiger partial charge in [0.1, 0.15) is 10.4 Å². The van der Waals surface area contributed by atoms with Gasteiger partial charge >= 0.3 is 0 Å². The minimum Gasteiger partial charge on any atom is -0.504 e. The maximum atomic E-state index is 9.89. The van der Waals surface area contributed by atoms with Crippen molar-refractivity contribution in [2.24, 2.45) is 0 Å². The Labute approximate surface area is 158 Å². The Morgan fingerprint density at radius 3 is 2.77 bits per heavy atom. The van der Waals surface area contributed by atoms with E-state index in [0.717, 1.165) is 27.1 Å². The second kappa shape index (κ2) is 6.00. The summed E-state index contributed by atoms with van der Waals surface area (Å²) in [6.45, 7) is 0. The number of nitrogens with zero attached hydrogens (tertiary/aromatic N) is 4. The molecule has 8 heteroatoms. The second-order valence-corrected chi connectivity index (χ2v) is 7.75. The number of rotatable bonds is 3. The van der Waals surface area contributed by atoms with E-state index < -0.39 is 0 Å². The third-order valence-corrected chi connectivity index (χ3v) is 6.48. The molecule has 130 valence electrons. The summed E-state index contributed by atoms with van der Waals surface area (Å²) in [7, 11) is 1.56. The first-order chi connectivity index (χ1) is 12.8. The van der Waals surface area contributed by atoms with Crippen LogP contribution in [0.2, 0.25) is 0 Å². The number of aromatic nitrogens is 3. The number of aromatic hydroxyl groups is 1. The lowest BCUT2D eigenvalue weighted by atomic mass is 10.2. The van der Waals surface area contributed by atoms with Crippen molar-refractivity contribution in [1.29, 1.82) is 0 Å². The lowest BCUT2D eigenvalue weighted by Gasteiger charge is -2.26. The molecule has 0 saturated carbocycles. The van der Waals surface area contributed by atoms with Gasteiger partial charge in [-0.15, -0.1) is 10.2 Å². The molecule has 0 fully saturated rings. The molecule has 0 radical (unpaired) electrons. The molecule has 0 saturated heterocycles. The molecule has 0 amide bonds. The van der Waals surface area contributed by atoms with Crippen LogP contribution in [-0.2, 0) is 0 Å². The first kappa shape index (κ1) is 15.7.